The van der Waals surface area contributed by atoms with Gasteiger partial charge in [-0.2, -0.15) is 0 Å². The molecule has 2 fully saturated rings. The Labute approximate surface area is 65.4 Å². The highest BCUT2D eigenvalue weighted by Crippen LogP contribution is 2.39. The van der Waals surface area contributed by atoms with Gasteiger partial charge in [0.1, 0.15) is 0 Å². The molecule has 10 heavy (non-hydrogen) atoms. The monoisotopic (exact) mass is 139 g/mol. The van der Waals surface area contributed by atoms with Crippen LogP contribution in [0.4, 0.5) is 0 Å². The predicted octanol–water partition coefficient (Wildman–Crippen LogP) is 3.37. The van der Waals surface area contributed by atoms with Crippen LogP contribution in [0.1, 0.15) is 52.7 Å². The van der Waals surface area contributed by atoms with E-state index in [-0.39, 0.29) is 5.89 Å². The van der Waals surface area contributed by atoms with Crippen molar-refractivity contribution in [2.45, 2.75) is 51.4 Å². The lowest BCUT2D eigenvalue weighted by Crippen LogP contribution is -2.22. The maximum Gasteiger partial charge on any atom is 0.0306 e. The Kier molecular flexibility index (Phi) is 1.65. The Morgan fingerprint density at radius 3 is 1.80 bits per heavy atom. The van der Waals surface area contributed by atoms with Crippen molar-refractivity contribution in [1.29, 1.82) is 0 Å². The van der Waals surface area contributed by atoms with Gasteiger partial charge in [0.15, 0.2) is 0 Å². The maximum absolute atomic E-state index is 8.28. The second-order valence-corrected chi connectivity index (χ2v) is 3.85. The third-order valence-electron chi connectivity index (χ3n) is 3.18. The minimum atomic E-state index is 0.0243. The van der Waals surface area contributed by atoms with Crippen LogP contribution in [-0.2, 0) is 0 Å². The molecule has 0 N–H and O–H groups in total. The fourth-order valence-corrected chi connectivity index (χ4v) is 2.57. The van der Waals surface area contributed by atoms with Gasteiger partial charge in [-0.3, -0.25) is 0 Å². The highest BCUT2D eigenvalue weighted by Gasteiger charge is 2.26. The molecule has 2 rings (SSSR count). The molecule has 0 amide bonds. The molecule has 0 aromatic heterocycles. The van der Waals surface area contributed by atoms with Crippen LogP contribution in [0.2, 0.25) is 0 Å². The summed E-state index contributed by atoms with van der Waals surface area (Å²) in [5, 5.41) is 0. The van der Waals surface area contributed by atoms with Crippen LogP contribution in [-0.4, -0.2) is 0 Å². The lowest BCUT2D eigenvalue weighted by molar-refractivity contribution is 0.171. The zero-order chi connectivity index (χ0) is 7.73. The maximum atomic E-state index is 8.28. The number of hydrogen-bond donors (Lipinski definition) is 0. The Bertz CT molecular complexity index is 130. The average molecular weight is 139 g/mol. The first-order chi connectivity index (χ1) is 5.31. The van der Waals surface area contributed by atoms with E-state index >= 15 is 0 Å². The zero-order valence-corrected chi connectivity index (χ0v) is 6.73. The smallest absolute Gasteiger partial charge is 0.0306 e. The van der Waals surface area contributed by atoms with Gasteiger partial charge in [-0.15, -0.1) is 0 Å². The van der Waals surface area contributed by atoms with Crippen LogP contribution in [0.15, 0.2) is 0 Å². The summed E-state index contributed by atoms with van der Waals surface area (Å²) in [6, 6.07) is 0. The van der Waals surface area contributed by atoms with E-state index in [0.717, 1.165) is 5.92 Å². The van der Waals surface area contributed by atoms with Crippen LogP contribution in [0.5, 0.6) is 0 Å². The first kappa shape index (κ1) is 5.62. The van der Waals surface area contributed by atoms with Crippen LogP contribution >= 0.6 is 0 Å². The van der Waals surface area contributed by atoms with Crippen molar-refractivity contribution in [3.05, 3.63) is 0 Å². The highest BCUT2D eigenvalue weighted by atomic mass is 14.3. The summed E-state index contributed by atoms with van der Waals surface area (Å²) >= 11 is 0. The van der Waals surface area contributed by atoms with Gasteiger partial charge in [0.25, 0.3) is 0 Å². The zero-order valence-electron chi connectivity index (χ0n) is 7.73. The van der Waals surface area contributed by atoms with Crippen LogP contribution in [0.25, 0.3) is 0 Å². The molecule has 0 heteroatoms. The second-order valence-electron chi connectivity index (χ2n) is 3.85. The normalized spacial score (nSPS) is 49.6. The van der Waals surface area contributed by atoms with E-state index in [0.29, 0.717) is 0 Å². The van der Waals surface area contributed by atoms with Gasteiger partial charge in [-0.05, 0) is 11.8 Å². The number of hydrogen-bond acceptors (Lipinski definition) is 0. The molecule has 0 unspecified atom stereocenters. The Morgan fingerprint density at radius 1 is 0.800 bits per heavy atom. The molecule has 0 aromatic rings. The topological polar surface area (TPSA) is 0 Å². The number of fused-ring (bicyclic) bond motifs is 1. The van der Waals surface area contributed by atoms with E-state index in [9.17, 15) is 0 Å². The Balaban J connectivity index is 2.06. The van der Waals surface area contributed by atoms with Crippen LogP contribution in [0.3, 0.4) is 0 Å². The summed E-state index contributed by atoms with van der Waals surface area (Å²) < 4.78 is 8.28. The summed E-state index contributed by atoms with van der Waals surface area (Å²) in [5.74, 6) is 0.793. The van der Waals surface area contributed by atoms with Gasteiger partial charge in [-0.25, -0.2) is 0 Å². The first-order valence-corrected chi connectivity index (χ1v) is 4.81. The molecule has 0 spiro atoms. The predicted molar refractivity (Wildman–Crippen MR) is 43.9 cm³/mol. The van der Waals surface area contributed by atoms with E-state index in [1.165, 1.54) is 51.4 Å². The SMILES string of the molecule is [2H]C12CCCCC1CCCC2. The van der Waals surface area contributed by atoms with Crippen LogP contribution in [0, 0.1) is 11.8 Å². The van der Waals surface area contributed by atoms with Crippen molar-refractivity contribution in [2.24, 2.45) is 11.8 Å². The fraction of sp³-hybridized carbons (Fsp3) is 1.00. The van der Waals surface area contributed by atoms with Gasteiger partial charge >= 0.3 is 0 Å². The van der Waals surface area contributed by atoms with E-state index in [1.54, 1.807) is 0 Å². The minimum Gasteiger partial charge on any atom is -0.0530 e. The Morgan fingerprint density at radius 2 is 1.30 bits per heavy atom. The third kappa shape index (κ3) is 1.21. The van der Waals surface area contributed by atoms with Gasteiger partial charge in [0.05, 0.1) is 0 Å². The van der Waals surface area contributed by atoms with Crippen molar-refractivity contribution >= 4 is 0 Å². The molecule has 0 saturated heterocycles. The van der Waals surface area contributed by atoms with Gasteiger partial charge < -0.3 is 0 Å². The van der Waals surface area contributed by atoms with Gasteiger partial charge in [-0.1, -0.05) is 51.4 Å². The van der Waals surface area contributed by atoms with Crippen LogP contribution < -0.4 is 0 Å². The largest absolute Gasteiger partial charge is 0.0530 e. The average Bonchev–Trinajstić information content (AvgIpc) is 2.03. The van der Waals surface area contributed by atoms with Gasteiger partial charge in [0, 0.05) is 1.37 Å². The van der Waals surface area contributed by atoms with Crippen molar-refractivity contribution in [3.63, 3.8) is 0 Å². The van der Waals surface area contributed by atoms with E-state index in [1.807, 2.05) is 0 Å². The molecule has 2 aliphatic carbocycles. The molecule has 0 atom stereocenters. The lowest BCUT2D eigenvalue weighted by atomic mass is 9.71. The molecule has 0 bridgehead atoms. The summed E-state index contributed by atoms with van der Waals surface area (Å²) in [4.78, 5) is 0. The van der Waals surface area contributed by atoms with E-state index in [4.69, 9.17) is 1.37 Å². The molecular weight excluding hydrogens is 120 g/mol. The van der Waals surface area contributed by atoms with Crippen molar-refractivity contribution in [2.75, 3.05) is 0 Å². The first-order valence-electron chi connectivity index (χ1n) is 5.31. The summed E-state index contributed by atoms with van der Waals surface area (Å²) in [5.41, 5.74) is 0. The van der Waals surface area contributed by atoms with E-state index < -0.39 is 0 Å². The molecule has 2 aliphatic rings. The Hall–Kier alpha value is 0. The van der Waals surface area contributed by atoms with Gasteiger partial charge in [0.2, 0.25) is 0 Å². The molecular formula is C10H18. The van der Waals surface area contributed by atoms with Crippen molar-refractivity contribution in [3.8, 4) is 0 Å². The standard InChI is InChI=1S/C10H18/c1-2-6-10-8-4-3-7-9(10)5-1/h9-10H,1-8H2/i9D. The number of rotatable bonds is 0. The van der Waals surface area contributed by atoms with Crippen molar-refractivity contribution < 1.29 is 1.37 Å². The molecule has 0 aromatic carbocycles. The third-order valence-corrected chi connectivity index (χ3v) is 3.18. The summed E-state index contributed by atoms with van der Waals surface area (Å²) in [6.45, 7) is 0. The van der Waals surface area contributed by atoms with Crippen molar-refractivity contribution in [1.82, 2.24) is 0 Å². The molecule has 0 radical (unpaired) electrons. The van der Waals surface area contributed by atoms with E-state index in [2.05, 4.69) is 0 Å². The molecule has 0 heterocycles. The molecule has 2 saturated carbocycles. The molecule has 0 aliphatic heterocycles. The quantitative estimate of drug-likeness (QED) is 0.482. The minimum absolute atomic E-state index is 0.0243. The second kappa shape index (κ2) is 2.94. The molecule has 58 valence electrons. The summed E-state index contributed by atoms with van der Waals surface area (Å²) in [6.07, 6.45) is 10.5. The lowest BCUT2D eigenvalue weighted by Gasteiger charge is -2.35. The summed E-state index contributed by atoms with van der Waals surface area (Å²) in [7, 11) is 0. The highest BCUT2D eigenvalue weighted by molar-refractivity contribution is 4.78. The molecule has 0 nitrogen and oxygen atoms in total. The fourth-order valence-electron chi connectivity index (χ4n) is 2.57.